The number of hydrogen-bond donors (Lipinski definition) is 2. The van der Waals surface area contributed by atoms with Gasteiger partial charge in [-0.25, -0.2) is 4.39 Å². The van der Waals surface area contributed by atoms with Gasteiger partial charge in [-0.05, 0) is 19.2 Å². The first kappa shape index (κ1) is 14.4. The smallest absolute Gasteiger partial charge is 0.351 e. The number of hydrogen-bond acceptors (Lipinski definition) is 2. The van der Waals surface area contributed by atoms with Gasteiger partial charge >= 0.3 is 6.18 Å². The van der Waals surface area contributed by atoms with Crippen molar-refractivity contribution < 1.29 is 22.4 Å². The molecular weight excluding hydrogens is 252 g/mol. The van der Waals surface area contributed by atoms with E-state index in [1.54, 1.807) is 7.05 Å². The van der Waals surface area contributed by atoms with Crippen molar-refractivity contribution >= 4 is 5.91 Å². The highest BCUT2D eigenvalue weighted by atomic mass is 19.4. The quantitative estimate of drug-likeness (QED) is 0.643. The van der Waals surface area contributed by atoms with E-state index in [1.807, 2.05) is 0 Å². The third kappa shape index (κ3) is 3.43. The fraction of sp³-hybridized carbons (Fsp3) is 0.364. The Morgan fingerprint density at radius 2 is 1.94 bits per heavy atom. The van der Waals surface area contributed by atoms with Crippen LogP contribution in [0, 0.1) is 5.82 Å². The highest BCUT2D eigenvalue weighted by molar-refractivity contribution is 5.94. The molecule has 0 aliphatic carbocycles. The minimum absolute atomic E-state index is 0.199. The molecule has 0 aromatic heterocycles. The Kier molecular flexibility index (Phi) is 4.66. The zero-order valence-electron chi connectivity index (χ0n) is 9.57. The lowest BCUT2D eigenvalue weighted by Gasteiger charge is -2.11. The van der Waals surface area contributed by atoms with Gasteiger partial charge in [0.2, 0.25) is 0 Å². The minimum Gasteiger partial charge on any atom is -0.351 e. The Labute approximate surface area is 101 Å². The largest absolute Gasteiger partial charge is 0.419 e. The molecule has 0 unspecified atom stereocenters. The number of amides is 1. The summed E-state index contributed by atoms with van der Waals surface area (Å²) < 4.78 is 50.8. The summed E-state index contributed by atoms with van der Waals surface area (Å²) in [5.41, 5.74) is -2.05. The maximum atomic E-state index is 13.5. The molecule has 0 radical (unpaired) electrons. The molecule has 100 valence electrons. The first-order valence-corrected chi connectivity index (χ1v) is 5.16. The normalized spacial score (nSPS) is 11.4. The van der Waals surface area contributed by atoms with Crippen LogP contribution < -0.4 is 10.6 Å². The van der Waals surface area contributed by atoms with Crippen molar-refractivity contribution in [2.24, 2.45) is 0 Å². The summed E-state index contributed by atoms with van der Waals surface area (Å²) in [6.07, 6.45) is -4.81. The van der Waals surface area contributed by atoms with Crippen LogP contribution in [0.1, 0.15) is 15.9 Å². The number of carbonyl (C=O) groups excluding carboxylic acids is 1. The van der Waals surface area contributed by atoms with E-state index in [1.165, 1.54) is 0 Å². The molecular formula is C11H12F4N2O. The highest BCUT2D eigenvalue weighted by Gasteiger charge is 2.35. The third-order valence-electron chi connectivity index (χ3n) is 2.21. The monoisotopic (exact) mass is 264 g/mol. The van der Waals surface area contributed by atoms with Crippen molar-refractivity contribution in [1.29, 1.82) is 0 Å². The van der Waals surface area contributed by atoms with Crippen LogP contribution in [-0.2, 0) is 6.18 Å². The van der Waals surface area contributed by atoms with Crippen LogP contribution >= 0.6 is 0 Å². The number of halogens is 4. The second-order valence-corrected chi connectivity index (χ2v) is 3.52. The van der Waals surface area contributed by atoms with E-state index in [0.29, 0.717) is 12.6 Å². The van der Waals surface area contributed by atoms with Crippen LogP contribution in [0.15, 0.2) is 18.2 Å². The molecule has 0 saturated heterocycles. The first-order chi connectivity index (χ1) is 8.38. The Bertz CT molecular complexity index is 432. The van der Waals surface area contributed by atoms with Crippen LogP contribution in [0.3, 0.4) is 0 Å². The number of nitrogens with one attached hydrogen (secondary N) is 2. The van der Waals surface area contributed by atoms with E-state index in [2.05, 4.69) is 10.6 Å². The Morgan fingerprint density at radius 1 is 1.28 bits per heavy atom. The molecule has 2 N–H and O–H groups in total. The Balaban J connectivity index is 2.93. The van der Waals surface area contributed by atoms with E-state index in [9.17, 15) is 22.4 Å². The predicted molar refractivity (Wildman–Crippen MR) is 57.7 cm³/mol. The van der Waals surface area contributed by atoms with Crippen molar-refractivity contribution in [3.63, 3.8) is 0 Å². The maximum Gasteiger partial charge on any atom is 0.419 e. The van der Waals surface area contributed by atoms with Gasteiger partial charge in [0.15, 0.2) is 0 Å². The summed E-state index contributed by atoms with van der Waals surface area (Å²) in [4.78, 5) is 11.5. The van der Waals surface area contributed by atoms with Gasteiger partial charge in [-0.2, -0.15) is 13.2 Å². The van der Waals surface area contributed by atoms with Crippen molar-refractivity contribution in [2.45, 2.75) is 6.18 Å². The second-order valence-electron chi connectivity index (χ2n) is 3.52. The maximum absolute atomic E-state index is 13.5. The third-order valence-corrected chi connectivity index (χ3v) is 2.21. The Morgan fingerprint density at radius 3 is 2.50 bits per heavy atom. The summed E-state index contributed by atoms with van der Waals surface area (Å²) in [6.45, 7) is 0.636. The molecule has 0 saturated carbocycles. The van der Waals surface area contributed by atoms with Crippen molar-refractivity contribution in [1.82, 2.24) is 10.6 Å². The summed E-state index contributed by atoms with van der Waals surface area (Å²) >= 11 is 0. The summed E-state index contributed by atoms with van der Waals surface area (Å²) in [7, 11) is 1.65. The molecule has 0 heterocycles. The number of carbonyl (C=O) groups is 1. The van der Waals surface area contributed by atoms with Gasteiger partial charge in [-0.3, -0.25) is 4.79 Å². The van der Waals surface area contributed by atoms with Crippen molar-refractivity contribution in [3.8, 4) is 0 Å². The van der Waals surface area contributed by atoms with Gasteiger partial charge in [0.05, 0.1) is 11.1 Å². The average molecular weight is 264 g/mol. The highest BCUT2D eigenvalue weighted by Crippen LogP contribution is 2.32. The topological polar surface area (TPSA) is 41.1 Å². The molecule has 0 aliphatic rings. The van der Waals surface area contributed by atoms with Gasteiger partial charge in [0, 0.05) is 13.1 Å². The molecule has 0 spiro atoms. The van der Waals surface area contributed by atoms with Crippen LogP contribution in [0.25, 0.3) is 0 Å². The summed E-state index contributed by atoms with van der Waals surface area (Å²) in [5.74, 6) is -2.42. The van der Waals surface area contributed by atoms with Gasteiger partial charge in [0.1, 0.15) is 5.82 Å². The predicted octanol–water partition coefficient (Wildman–Crippen LogP) is 1.79. The van der Waals surface area contributed by atoms with E-state index < -0.39 is 29.0 Å². The standard InChI is InChI=1S/C11H12F4N2O/c1-16-5-6-17-10(18)7-3-2-4-8(9(7)12)11(13,14)15/h2-4,16H,5-6H2,1H3,(H,17,18). The lowest BCUT2D eigenvalue weighted by Crippen LogP contribution is -2.31. The fourth-order valence-corrected chi connectivity index (χ4v) is 1.32. The number of benzene rings is 1. The van der Waals surface area contributed by atoms with Crippen LogP contribution in [0.2, 0.25) is 0 Å². The summed E-state index contributed by atoms with van der Waals surface area (Å²) in [5, 5.41) is 5.05. The SMILES string of the molecule is CNCCNC(=O)c1cccc(C(F)(F)F)c1F. The molecule has 1 aromatic carbocycles. The molecule has 3 nitrogen and oxygen atoms in total. The molecule has 0 aliphatic heterocycles. The molecule has 0 atom stereocenters. The van der Waals surface area contributed by atoms with E-state index >= 15 is 0 Å². The molecule has 0 bridgehead atoms. The second kappa shape index (κ2) is 5.81. The molecule has 0 fully saturated rings. The average Bonchev–Trinajstić information content (AvgIpc) is 2.28. The van der Waals surface area contributed by atoms with Crippen molar-refractivity contribution in [3.05, 3.63) is 35.1 Å². The molecule has 1 rings (SSSR count). The first-order valence-electron chi connectivity index (χ1n) is 5.16. The minimum atomic E-state index is -4.81. The van der Waals surface area contributed by atoms with E-state index in [0.717, 1.165) is 12.1 Å². The number of rotatable bonds is 4. The number of likely N-dealkylation sites (N-methyl/N-ethyl adjacent to an activating group) is 1. The van der Waals surface area contributed by atoms with Crippen molar-refractivity contribution in [2.75, 3.05) is 20.1 Å². The Hall–Kier alpha value is -1.63. The summed E-state index contributed by atoms with van der Waals surface area (Å²) in [6, 6.07) is 2.61. The van der Waals surface area contributed by atoms with Gasteiger partial charge in [-0.1, -0.05) is 6.07 Å². The van der Waals surface area contributed by atoms with Gasteiger partial charge < -0.3 is 10.6 Å². The fourth-order valence-electron chi connectivity index (χ4n) is 1.32. The number of alkyl halides is 3. The molecule has 18 heavy (non-hydrogen) atoms. The van der Waals surface area contributed by atoms with Gasteiger partial charge in [-0.15, -0.1) is 0 Å². The molecule has 1 amide bonds. The van der Waals surface area contributed by atoms with Crippen LogP contribution in [0.4, 0.5) is 17.6 Å². The van der Waals surface area contributed by atoms with E-state index in [-0.39, 0.29) is 6.54 Å². The van der Waals surface area contributed by atoms with Crippen LogP contribution in [0.5, 0.6) is 0 Å². The molecule has 1 aromatic rings. The van der Waals surface area contributed by atoms with E-state index in [4.69, 9.17) is 0 Å². The van der Waals surface area contributed by atoms with Gasteiger partial charge in [0.25, 0.3) is 5.91 Å². The molecule has 7 heteroatoms. The zero-order chi connectivity index (χ0) is 13.8. The van der Waals surface area contributed by atoms with Crippen LogP contribution in [-0.4, -0.2) is 26.0 Å². The lowest BCUT2D eigenvalue weighted by molar-refractivity contribution is -0.140. The lowest BCUT2D eigenvalue weighted by atomic mass is 10.1. The zero-order valence-corrected chi connectivity index (χ0v) is 9.57.